The van der Waals surface area contributed by atoms with Gasteiger partial charge in [0.15, 0.2) is 0 Å². The topological polar surface area (TPSA) is 57.9 Å². The van der Waals surface area contributed by atoms with Gasteiger partial charge in [-0.1, -0.05) is 30.3 Å². The molecule has 0 radical (unpaired) electrons. The Morgan fingerprint density at radius 2 is 1.50 bits per heavy atom. The van der Waals surface area contributed by atoms with E-state index >= 15 is 0 Å². The third-order valence-corrected chi connectivity index (χ3v) is 0.774. The van der Waals surface area contributed by atoms with Crippen LogP contribution in [0, 0.1) is 0 Å². The molecular weight excluding hydrogens is 173 g/mol. The van der Waals surface area contributed by atoms with E-state index < -0.39 is 14.8 Å². The van der Waals surface area contributed by atoms with Gasteiger partial charge in [0.05, 0.1) is 0 Å². The summed E-state index contributed by atoms with van der Waals surface area (Å²) in [4.78, 5) is 0. The number of rotatable bonds is 0. The summed E-state index contributed by atoms with van der Waals surface area (Å²) < 4.78 is 16.8. The van der Waals surface area contributed by atoms with Gasteiger partial charge >= 0.3 is 22.5 Å². The first kappa shape index (κ1) is 9.14. The minimum atomic E-state index is -1.44. The van der Waals surface area contributed by atoms with Gasteiger partial charge < -0.3 is 5.73 Å². The summed E-state index contributed by atoms with van der Waals surface area (Å²) in [7, 11) is 0. The van der Waals surface area contributed by atoms with E-state index in [0.717, 1.165) is 0 Å². The summed E-state index contributed by atoms with van der Waals surface area (Å²) in [5, 5.41) is 0. The Hall–Kier alpha value is -0.861. The average molecular weight is 179 g/mol. The molecule has 1 aromatic rings. The summed E-state index contributed by atoms with van der Waals surface area (Å²) in [6.45, 7) is 0. The predicted octanol–water partition coefficient (Wildman–Crippen LogP) is 2.13. The molecule has 0 spiro atoms. The van der Waals surface area contributed by atoms with E-state index in [0.29, 0.717) is 5.69 Å². The van der Waals surface area contributed by atoms with Crippen molar-refractivity contribution in [3.05, 3.63) is 36.1 Å². The first-order valence-electron chi connectivity index (χ1n) is 2.47. The van der Waals surface area contributed by atoms with Gasteiger partial charge in [-0.2, -0.15) is 0 Å². The molecule has 0 saturated heterocycles. The van der Waals surface area contributed by atoms with E-state index in [1.807, 2.05) is 18.2 Å². The van der Waals surface area contributed by atoms with Crippen LogP contribution in [0.4, 0.5) is 5.69 Å². The molecule has 1 N–H and O–H groups in total. The number of hydrogen-bond donors (Lipinski definition) is 0. The van der Waals surface area contributed by atoms with Crippen LogP contribution in [0.5, 0.6) is 0 Å². The van der Waals surface area contributed by atoms with Gasteiger partial charge in [0.25, 0.3) is 0 Å². The number of hydrogen-bond acceptors (Lipinski definition) is 2. The zero-order valence-corrected chi connectivity index (χ0v) is 6.26. The molecule has 0 saturated carbocycles. The third-order valence-electron chi connectivity index (χ3n) is 0.774. The predicted molar refractivity (Wildman–Crippen MR) is 31.8 cm³/mol. The minimum absolute atomic E-state index is 0.572. The molecule has 0 unspecified atom stereocenters. The van der Waals surface area contributed by atoms with Gasteiger partial charge in [-0.3, -0.25) is 0 Å². The first-order valence-corrected chi connectivity index (χ1v) is 3.43. The van der Waals surface area contributed by atoms with Gasteiger partial charge in [0.2, 0.25) is 0 Å². The zero-order valence-electron chi connectivity index (χ0n) is 5.08. The van der Waals surface area contributed by atoms with Crippen LogP contribution in [0.1, 0.15) is 0 Å². The van der Waals surface area contributed by atoms with Crippen molar-refractivity contribution in [3.8, 4) is 0 Å². The molecule has 0 heterocycles. The molecule has 0 aliphatic carbocycles. The van der Waals surface area contributed by atoms with Crippen LogP contribution in [-0.4, -0.2) is 0 Å². The maximum atomic E-state index is 8.41. The Balaban J connectivity index is 0.000000236. The maximum absolute atomic E-state index is 8.41. The second-order valence-electron chi connectivity index (χ2n) is 1.43. The van der Waals surface area contributed by atoms with Crippen LogP contribution in [-0.2, 0) is 22.5 Å². The van der Waals surface area contributed by atoms with Gasteiger partial charge in [-0.05, 0) is 0 Å². The van der Waals surface area contributed by atoms with Gasteiger partial charge in [0, 0.05) is 0 Å². The molecule has 1 rings (SSSR count). The quantitative estimate of drug-likeness (QED) is 0.572. The van der Waals surface area contributed by atoms with Crippen molar-refractivity contribution in [2.75, 3.05) is 0 Å². The van der Waals surface area contributed by atoms with Crippen molar-refractivity contribution in [2.24, 2.45) is 0 Å². The molecule has 0 atom stereocenters. The van der Waals surface area contributed by atoms with Crippen molar-refractivity contribution < 1.29 is 22.5 Å². The Morgan fingerprint density at radius 1 is 1.10 bits per heavy atom. The molecule has 0 aliphatic rings. The number of nitrogens with one attached hydrogen (secondary N) is 1. The van der Waals surface area contributed by atoms with E-state index in [9.17, 15) is 0 Å². The monoisotopic (exact) mass is 179 g/mol. The molecule has 0 aromatic heterocycles. The standard InChI is InChI=1S/C6H6N.Mn.2O/c7-6-4-2-1-3-5-6;;;/h1-5,7H;;;/q-1;;;. The summed E-state index contributed by atoms with van der Waals surface area (Å²) in [5.41, 5.74) is 7.57. The molecule has 4 heteroatoms. The Morgan fingerprint density at radius 3 is 1.70 bits per heavy atom. The van der Waals surface area contributed by atoms with Crippen LogP contribution >= 0.6 is 0 Å². The fourth-order valence-electron chi connectivity index (χ4n) is 0.438. The average Bonchev–Trinajstić information content (AvgIpc) is 1.91. The SMILES string of the molecule is [NH-]c1ccccc1.[O]=[Mn]=[O]. The molecule has 0 fully saturated rings. The Bertz CT molecular complexity index is 206. The molecule has 1 aromatic carbocycles. The first-order chi connectivity index (χ1) is 4.81. The summed E-state index contributed by atoms with van der Waals surface area (Å²) >= 11 is -1.44. The number of benzene rings is 1. The van der Waals surface area contributed by atoms with E-state index in [1.165, 1.54) is 0 Å². The Labute approximate surface area is 64.8 Å². The Kier molecular flexibility index (Phi) is 5.72. The van der Waals surface area contributed by atoms with Crippen LogP contribution in [0.15, 0.2) is 30.3 Å². The molecule has 0 bridgehead atoms. The van der Waals surface area contributed by atoms with Crippen molar-refractivity contribution in [1.29, 1.82) is 0 Å². The van der Waals surface area contributed by atoms with Crippen molar-refractivity contribution in [2.45, 2.75) is 0 Å². The molecule has 55 valence electrons. The summed E-state index contributed by atoms with van der Waals surface area (Å²) in [5.74, 6) is 0. The summed E-state index contributed by atoms with van der Waals surface area (Å²) in [6, 6.07) is 9.10. The molecule has 0 amide bonds. The van der Waals surface area contributed by atoms with Crippen molar-refractivity contribution >= 4 is 5.69 Å². The second-order valence-corrected chi connectivity index (χ2v) is 1.63. The van der Waals surface area contributed by atoms with Crippen LogP contribution in [0.25, 0.3) is 5.73 Å². The normalized spacial score (nSPS) is 7.20. The van der Waals surface area contributed by atoms with Gasteiger partial charge in [-0.25, -0.2) is 0 Å². The van der Waals surface area contributed by atoms with Crippen LogP contribution < -0.4 is 0 Å². The van der Waals surface area contributed by atoms with Gasteiger partial charge in [-0.15, -0.1) is 5.69 Å². The van der Waals surface area contributed by atoms with E-state index in [-0.39, 0.29) is 0 Å². The van der Waals surface area contributed by atoms with Crippen molar-refractivity contribution in [1.82, 2.24) is 0 Å². The molecule has 10 heavy (non-hydrogen) atoms. The van der Waals surface area contributed by atoms with Crippen LogP contribution in [0.2, 0.25) is 0 Å². The fraction of sp³-hybridized carbons (Fsp3) is 0. The summed E-state index contributed by atoms with van der Waals surface area (Å²) in [6.07, 6.45) is 0. The van der Waals surface area contributed by atoms with Crippen LogP contribution in [0.3, 0.4) is 0 Å². The van der Waals surface area contributed by atoms with Gasteiger partial charge in [0.1, 0.15) is 0 Å². The second kappa shape index (κ2) is 6.26. The zero-order chi connectivity index (χ0) is 7.82. The fourth-order valence-corrected chi connectivity index (χ4v) is 0.438. The van der Waals surface area contributed by atoms with E-state index in [2.05, 4.69) is 0 Å². The molecule has 0 aliphatic heterocycles. The van der Waals surface area contributed by atoms with Crippen molar-refractivity contribution in [3.63, 3.8) is 0 Å². The third kappa shape index (κ3) is 5.28. The van der Waals surface area contributed by atoms with E-state index in [4.69, 9.17) is 13.4 Å². The molecular formula is C6H6MnNO2-. The molecule has 3 nitrogen and oxygen atoms in total. The van der Waals surface area contributed by atoms with E-state index in [1.54, 1.807) is 12.1 Å².